The smallest absolute Gasteiger partial charge is 0.338 e. The minimum atomic E-state index is -1.19. The van der Waals surface area contributed by atoms with Crippen LogP contribution in [0.2, 0.25) is 0 Å². The van der Waals surface area contributed by atoms with Gasteiger partial charge in [-0.15, -0.1) is 0 Å². The van der Waals surface area contributed by atoms with Crippen LogP contribution in [-0.2, 0) is 14.3 Å². The molecular formula is C12H19NO4. The van der Waals surface area contributed by atoms with Crippen molar-refractivity contribution in [2.45, 2.75) is 51.4 Å². The molecule has 2 aliphatic rings. The summed E-state index contributed by atoms with van der Waals surface area (Å²) in [6.45, 7) is 5.62. The molecule has 0 radical (unpaired) electrons. The molecule has 1 amide bonds. The van der Waals surface area contributed by atoms with Crippen LogP contribution in [0.3, 0.4) is 0 Å². The number of aliphatic hydroxyl groups excluding tert-OH is 1. The molecule has 0 saturated carbocycles. The molecule has 5 heteroatoms. The Bertz CT molecular complexity index is 354. The van der Waals surface area contributed by atoms with Crippen LogP contribution < -0.4 is 5.32 Å². The number of amides is 1. The third-order valence-corrected chi connectivity index (χ3v) is 3.75. The van der Waals surface area contributed by atoms with Gasteiger partial charge in [-0.05, 0) is 12.3 Å². The first kappa shape index (κ1) is 12.4. The highest BCUT2D eigenvalue weighted by molar-refractivity contribution is 6.00. The van der Waals surface area contributed by atoms with E-state index >= 15 is 0 Å². The maximum atomic E-state index is 11.8. The number of rotatable bonds is 4. The fraction of sp³-hybridized carbons (Fsp3) is 0.833. The SMILES string of the molecule is CCC[C@H]1C(=O)NC2([C@@H](O)C(C)C)C(=O)O[C@@H]12. The molecular weight excluding hydrogens is 222 g/mol. The van der Waals surface area contributed by atoms with Crippen LogP contribution in [0.15, 0.2) is 0 Å². The van der Waals surface area contributed by atoms with E-state index in [2.05, 4.69) is 5.32 Å². The van der Waals surface area contributed by atoms with Gasteiger partial charge in [0, 0.05) is 0 Å². The summed E-state index contributed by atoms with van der Waals surface area (Å²) in [5, 5.41) is 12.8. The molecule has 2 rings (SSSR count). The topological polar surface area (TPSA) is 75.6 Å². The van der Waals surface area contributed by atoms with Crippen LogP contribution in [0.25, 0.3) is 0 Å². The Morgan fingerprint density at radius 1 is 1.47 bits per heavy atom. The second kappa shape index (κ2) is 3.98. The Labute approximate surface area is 101 Å². The fourth-order valence-corrected chi connectivity index (χ4v) is 2.80. The van der Waals surface area contributed by atoms with Gasteiger partial charge in [0.25, 0.3) is 0 Å². The van der Waals surface area contributed by atoms with Crippen molar-refractivity contribution in [3.8, 4) is 0 Å². The Balaban J connectivity index is 2.27. The van der Waals surface area contributed by atoms with Crippen LogP contribution in [0, 0.1) is 11.8 Å². The van der Waals surface area contributed by atoms with Gasteiger partial charge in [-0.2, -0.15) is 0 Å². The first-order valence-electron chi connectivity index (χ1n) is 6.16. The molecule has 96 valence electrons. The van der Waals surface area contributed by atoms with E-state index in [0.29, 0.717) is 6.42 Å². The maximum Gasteiger partial charge on any atom is 0.338 e. The molecule has 17 heavy (non-hydrogen) atoms. The average molecular weight is 241 g/mol. The lowest BCUT2D eigenvalue weighted by Crippen LogP contribution is -2.73. The number of aliphatic hydroxyl groups is 1. The monoisotopic (exact) mass is 241 g/mol. The Kier molecular flexibility index (Phi) is 2.89. The molecule has 2 saturated heterocycles. The maximum absolute atomic E-state index is 11.8. The molecule has 2 N–H and O–H groups in total. The highest BCUT2D eigenvalue weighted by atomic mass is 16.6. The van der Waals surface area contributed by atoms with E-state index in [0.717, 1.165) is 6.42 Å². The van der Waals surface area contributed by atoms with E-state index in [4.69, 9.17) is 4.74 Å². The first-order chi connectivity index (χ1) is 7.95. The van der Waals surface area contributed by atoms with E-state index in [1.165, 1.54) is 0 Å². The van der Waals surface area contributed by atoms with Gasteiger partial charge in [0.15, 0.2) is 0 Å². The van der Waals surface area contributed by atoms with E-state index in [1.807, 2.05) is 20.8 Å². The second-order valence-electron chi connectivity index (χ2n) is 5.27. The molecule has 0 aliphatic carbocycles. The van der Waals surface area contributed by atoms with E-state index in [1.54, 1.807) is 0 Å². The Morgan fingerprint density at radius 3 is 2.59 bits per heavy atom. The zero-order chi connectivity index (χ0) is 12.8. The van der Waals surface area contributed by atoms with Gasteiger partial charge in [-0.25, -0.2) is 4.79 Å². The van der Waals surface area contributed by atoms with Gasteiger partial charge < -0.3 is 15.2 Å². The van der Waals surface area contributed by atoms with Crippen LogP contribution in [0.4, 0.5) is 0 Å². The summed E-state index contributed by atoms with van der Waals surface area (Å²) in [6.07, 6.45) is 0.135. The predicted octanol–water partition coefficient (Wildman–Crippen LogP) is 0.214. The number of fused-ring (bicyclic) bond motifs is 1. The van der Waals surface area contributed by atoms with Gasteiger partial charge in [-0.1, -0.05) is 27.2 Å². The van der Waals surface area contributed by atoms with Gasteiger partial charge in [0.05, 0.1) is 12.0 Å². The van der Waals surface area contributed by atoms with Crippen LogP contribution >= 0.6 is 0 Å². The molecule has 2 fully saturated rings. The third-order valence-electron chi connectivity index (χ3n) is 3.75. The number of ether oxygens (including phenoxy) is 1. The number of esters is 1. The van der Waals surface area contributed by atoms with Gasteiger partial charge in [0.2, 0.25) is 11.4 Å². The van der Waals surface area contributed by atoms with Crippen LogP contribution in [-0.4, -0.2) is 34.7 Å². The summed E-state index contributed by atoms with van der Waals surface area (Å²) in [4.78, 5) is 23.5. The average Bonchev–Trinajstić information content (AvgIpc) is 2.49. The lowest BCUT2D eigenvalue weighted by molar-refractivity contribution is -0.207. The standard InChI is InChI=1S/C12H19NO4/c1-4-5-7-9-12(11(16)17-9,13-10(7)15)8(14)6(2)3/h6-9,14H,4-5H2,1-3H3,(H,13,15)/t7-,8+,9+,12?/m1/s1. The lowest BCUT2D eigenvalue weighted by Gasteiger charge is -2.46. The summed E-state index contributed by atoms with van der Waals surface area (Å²) >= 11 is 0. The highest BCUT2D eigenvalue weighted by Crippen LogP contribution is 2.44. The van der Waals surface area contributed by atoms with Crippen molar-refractivity contribution in [3.63, 3.8) is 0 Å². The summed E-state index contributed by atoms with van der Waals surface area (Å²) in [5.74, 6) is -1.10. The molecule has 0 aromatic carbocycles. The zero-order valence-corrected chi connectivity index (χ0v) is 10.4. The number of hydrogen-bond acceptors (Lipinski definition) is 4. The molecule has 5 nitrogen and oxygen atoms in total. The normalized spacial score (nSPS) is 37.2. The summed E-state index contributed by atoms with van der Waals surface area (Å²) < 4.78 is 5.09. The molecule has 2 heterocycles. The fourth-order valence-electron chi connectivity index (χ4n) is 2.80. The number of carbonyl (C=O) groups is 2. The van der Waals surface area contributed by atoms with E-state index in [9.17, 15) is 14.7 Å². The van der Waals surface area contributed by atoms with Gasteiger partial charge >= 0.3 is 5.97 Å². The third kappa shape index (κ3) is 1.48. The number of carbonyl (C=O) groups excluding carboxylic acids is 2. The Hall–Kier alpha value is -1.10. The molecule has 0 bridgehead atoms. The molecule has 2 aliphatic heterocycles. The van der Waals surface area contributed by atoms with Crippen LogP contribution in [0.5, 0.6) is 0 Å². The predicted molar refractivity (Wildman–Crippen MR) is 60.0 cm³/mol. The Morgan fingerprint density at radius 2 is 2.12 bits per heavy atom. The van der Waals surface area contributed by atoms with Crippen molar-refractivity contribution in [1.29, 1.82) is 0 Å². The number of nitrogens with one attached hydrogen (secondary N) is 1. The summed E-state index contributed by atoms with van der Waals surface area (Å²) in [5.41, 5.74) is -1.19. The molecule has 1 unspecified atom stereocenters. The van der Waals surface area contributed by atoms with Crippen molar-refractivity contribution in [2.75, 3.05) is 0 Å². The minimum Gasteiger partial charge on any atom is -0.456 e. The minimum absolute atomic E-state index is 0.106. The zero-order valence-electron chi connectivity index (χ0n) is 10.4. The molecule has 0 aromatic heterocycles. The van der Waals surface area contributed by atoms with Crippen LogP contribution in [0.1, 0.15) is 33.6 Å². The quantitative estimate of drug-likeness (QED) is 0.690. The summed E-state index contributed by atoms with van der Waals surface area (Å²) in [7, 11) is 0. The molecule has 0 spiro atoms. The van der Waals surface area contributed by atoms with Crippen molar-refractivity contribution < 1.29 is 19.4 Å². The molecule has 4 atom stereocenters. The number of hydrogen-bond donors (Lipinski definition) is 2. The van der Waals surface area contributed by atoms with Gasteiger partial charge in [-0.3, -0.25) is 4.79 Å². The van der Waals surface area contributed by atoms with Crippen molar-refractivity contribution in [2.24, 2.45) is 11.8 Å². The highest BCUT2D eigenvalue weighted by Gasteiger charge is 2.71. The first-order valence-corrected chi connectivity index (χ1v) is 6.16. The lowest BCUT2D eigenvalue weighted by atomic mass is 9.75. The van der Waals surface area contributed by atoms with Crippen molar-refractivity contribution in [1.82, 2.24) is 5.32 Å². The van der Waals surface area contributed by atoms with Crippen molar-refractivity contribution >= 4 is 11.9 Å². The van der Waals surface area contributed by atoms with Crippen molar-refractivity contribution in [3.05, 3.63) is 0 Å². The summed E-state index contributed by atoms with van der Waals surface area (Å²) in [6, 6.07) is 0. The van der Waals surface area contributed by atoms with E-state index in [-0.39, 0.29) is 17.7 Å². The largest absolute Gasteiger partial charge is 0.456 e. The molecule has 0 aromatic rings. The van der Waals surface area contributed by atoms with Gasteiger partial charge in [0.1, 0.15) is 6.10 Å². The second-order valence-corrected chi connectivity index (χ2v) is 5.27. The van der Waals surface area contributed by atoms with E-state index < -0.39 is 23.7 Å².